The molecular formula is C21H26N2O8. The maximum atomic E-state index is 12.7. The van der Waals surface area contributed by atoms with Crippen molar-refractivity contribution >= 4 is 29.7 Å². The molecule has 3 atom stereocenters. The van der Waals surface area contributed by atoms with E-state index < -0.39 is 48.1 Å². The predicted molar refractivity (Wildman–Crippen MR) is 107 cm³/mol. The summed E-state index contributed by atoms with van der Waals surface area (Å²) >= 11 is 0. The fraction of sp³-hybridized carbons (Fsp3) is 0.476. The van der Waals surface area contributed by atoms with Gasteiger partial charge in [0.05, 0.1) is 11.1 Å². The first-order chi connectivity index (χ1) is 14.6. The molecule has 10 nitrogen and oxygen atoms in total. The number of esters is 2. The number of aliphatic carboxylic acids is 1. The van der Waals surface area contributed by atoms with Crippen LogP contribution < -0.4 is 5.32 Å². The Morgan fingerprint density at radius 2 is 1.77 bits per heavy atom. The standard InChI is InChI=1S/C21H26N2O8/c1-4-17(24)30-13(3)31-21(29)15-9-6-5-8-14(15)18(25)22-12(2)19(26)23-11-7-10-16(23)20(27)28/h5-6,8-9,12-13,16H,4,7,10-11H2,1-3H3,(H,22,25)(H,27,28)/t12-,13?,16-/m0/s1. The van der Waals surface area contributed by atoms with Gasteiger partial charge in [0.25, 0.3) is 5.91 Å². The molecule has 1 aromatic carbocycles. The van der Waals surface area contributed by atoms with Crippen LogP contribution in [0.25, 0.3) is 0 Å². The van der Waals surface area contributed by atoms with Crippen molar-refractivity contribution in [3.8, 4) is 0 Å². The summed E-state index contributed by atoms with van der Waals surface area (Å²) < 4.78 is 9.97. The normalized spacial score (nSPS) is 17.4. The van der Waals surface area contributed by atoms with Crippen LogP contribution in [0.15, 0.2) is 24.3 Å². The Kier molecular flexibility index (Phi) is 8.12. The second-order valence-corrected chi connectivity index (χ2v) is 7.08. The number of amides is 2. The van der Waals surface area contributed by atoms with E-state index in [2.05, 4.69) is 5.32 Å². The summed E-state index contributed by atoms with van der Waals surface area (Å²) in [5, 5.41) is 11.8. The zero-order valence-corrected chi connectivity index (χ0v) is 17.6. The van der Waals surface area contributed by atoms with Crippen LogP contribution in [0, 0.1) is 0 Å². The highest BCUT2D eigenvalue weighted by molar-refractivity contribution is 6.06. The number of nitrogens with zero attached hydrogens (tertiary/aromatic N) is 1. The third kappa shape index (κ3) is 6.03. The maximum Gasteiger partial charge on any atom is 0.342 e. The number of carbonyl (C=O) groups excluding carboxylic acids is 4. The lowest BCUT2D eigenvalue weighted by Crippen LogP contribution is -2.50. The van der Waals surface area contributed by atoms with Gasteiger partial charge in [-0.2, -0.15) is 0 Å². The Labute approximate surface area is 179 Å². The molecule has 1 fully saturated rings. The van der Waals surface area contributed by atoms with Gasteiger partial charge in [-0.25, -0.2) is 9.59 Å². The number of carboxylic acid groups (broad SMARTS) is 1. The highest BCUT2D eigenvalue weighted by Crippen LogP contribution is 2.19. The number of carboxylic acids is 1. The summed E-state index contributed by atoms with van der Waals surface area (Å²) in [6.07, 6.45) is -0.0949. The minimum absolute atomic E-state index is 0.0302. The van der Waals surface area contributed by atoms with Gasteiger partial charge < -0.3 is 24.8 Å². The molecule has 0 aliphatic carbocycles. The van der Waals surface area contributed by atoms with Gasteiger partial charge in [0.15, 0.2) is 0 Å². The number of nitrogens with one attached hydrogen (secondary N) is 1. The topological polar surface area (TPSA) is 139 Å². The number of carbonyl (C=O) groups is 5. The predicted octanol–water partition coefficient (Wildman–Crippen LogP) is 1.34. The van der Waals surface area contributed by atoms with Gasteiger partial charge in [-0.15, -0.1) is 0 Å². The molecule has 31 heavy (non-hydrogen) atoms. The van der Waals surface area contributed by atoms with Crippen molar-refractivity contribution in [1.82, 2.24) is 10.2 Å². The number of rotatable bonds is 8. The van der Waals surface area contributed by atoms with Crippen LogP contribution in [0.2, 0.25) is 0 Å². The van der Waals surface area contributed by atoms with E-state index in [-0.39, 0.29) is 17.5 Å². The second kappa shape index (κ2) is 10.6. The molecule has 1 unspecified atom stereocenters. The zero-order chi connectivity index (χ0) is 23.1. The van der Waals surface area contributed by atoms with Crippen molar-refractivity contribution in [2.24, 2.45) is 0 Å². The lowest BCUT2D eigenvalue weighted by atomic mass is 10.1. The minimum Gasteiger partial charge on any atom is -0.480 e. The molecule has 0 radical (unpaired) electrons. The molecule has 2 N–H and O–H groups in total. The van der Waals surface area contributed by atoms with Crippen LogP contribution in [0.4, 0.5) is 0 Å². The van der Waals surface area contributed by atoms with Crippen LogP contribution in [0.3, 0.4) is 0 Å². The molecule has 0 spiro atoms. The lowest BCUT2D eigenvalue weighted by molar-refractivity contribution is -0.165. The molecule has 1 heterocycles. The molecule has 0 bridgehead atoms. The Bertz CT molecular complexity index is 869. The van der Waals surface area contributed by atoms with Gasteiger partial charge in [-0.1, -0.05) is 19.1 Å². The SMILES string of the molecule is CCC(=O)OC(C)OC(=O)c1ccccc1C(=O)N[C@@H](C)C(=O)N1CCC[C@H]1C(=O)O. The zero-order valence-electron chi connectivity index (χ0n) is 17.6. The molecule has 2 rings (SSSR count). The maximum absolute atomic E-state index is 12.7. The summed E-state index contributed by atoms with van der Waals surface area (Å²) in [5.41, 5.74) is -0.0963. The third-order valence-electron chi connectivity index (χ3n) is 4.79. The lowest BCUT2D eigenvalue weighted by Gasteiger charge is -2.25. The van der Waals surface area contributed by atoms with Crippen LogP contribution in [-0.2, 0) is 23.9 Å². The molecule has 1 saturated heterocycles. The number of benzene rings is 1. The fourth-order valence-electron chi connectivity index (χ4n) is 3.24. The van der Waals surface area contributed by atoms with Gasteiger partial charge in [0.2, 0.25) is 12.2 Å². The van der Waals surface area contributed by atoms with E-state index >= 15 is 0 Å². The number of ether oxygens (including phenoxy) is 2. The first kappa shape index (κ1) is 23.8. The van der Waals surface area contributed by atoms with Crippen molar-refractivity contribution in [1.29, 1.82) is 0 Å². The third-order valence-corrected chi connectivity index (χ3v) is 4.79. The fourth-order valence-corrected chi connectivity index (χ4v) is 3.24. The average Bonchev–Trinajstić information content (AvgIpc) is 3.23. The molecule has 1 aromatic rings. The van der Waals surface area contributed by atoms with E-state index in [0.717, 1.165) is 0 Å². The first-order valence-electron chi connectivity index (χ1n) is 9.99. The Morgan fingerprint density at radius 1 is 1.13 bits per heavy atom. The first-order valence-corrected chi connectivity index (χ1v) is 9.99. The minimum atomic E-state index is -1.14. The average molecular weight is 434 g/mol. The largest absolute Gasteiger partial charge is 0.480 e. The molecule has 1 aliphatic rings. The summed E-state index contributed by atoms with van der Waals surface area (Å²) in [5.74, 6) is -3.71. The van der Waals surface area contributed by atoms with Gasteiger partial charge >= 0.3 is 17.9 Å². The molecule has 10 heteroatoms. The van der Waals surface area contributed by atoms with Gasteiger partial charge in [-0.05, 0) is 31.9 Å². The molecule has 0 aromatic heterocycles. The van der Waals surface area contributed by atoms with E-state index in [0.29, 0.717) is 19.4 Å². The van der Waals surface area contributed by atoms with Crippen LogP contribution in [0.1, 0.15) is 60.7 Å². The van der Waals surface area contributed by atoms with Crippen molar-refractivity contribution in [2.45, 2.75) is 58.4 Å². The van der Waals surface area contributed by atoms with Gasteiger partial charge in [0.1, 0.15) is 12.1 Å². The molecule has 0 saturated carbocycles. The summed E-state index contributed by atoms with van der Waals surface area (Å²) in [4.78, 5) is 61.7. The Hall–Kier alpha value is -3.43. The molecule has 2 amide bonds. The van der Waals surface area contributed by atoms with E-state index in [1.807, 2.05) is 0 Å². The molecule has 168 valence electrons. The monoisotopic (exact) mass is 434 g/mol. The van der Waals surface area contributed by atoms with Crippen molar-refractivity contribution < 1.29 is 38.6 Å². The van der Waals surface area contributed by atoms with Crippen molar-refractivity contribution in [2.75, 3.05) is 6.54 Å². The van der Waals surface area contributed by atoms with Crippen molar-refractivity contribution in [3.63, 3.8) is 0 Å². The molecular weight excluding hydrogens is 408 g/mol. The highest BCUT2D eigenvalue weighted by atomic mass is 16.7. The second-order valence-electron chi connectivity index (χ2n) is 7.08. The van der Waals surface area contributed by atoms with Gasteiger partial charge in [0, 0.05) is 19.9 Å². The smallest absolute Gasteiger partial charge is 0.342 e. The van der Waals surface area contributed by atoms with E-state index in [4.69, 9.17) is 9.47 Å². The quantitative estimate of drug-likeness (QED) is 0.461. The van der Waals surface area contributed by atoms with Crippen LogP contribution in [0.5, 0.6) is 0 Å². The van der Waals surface area contributed by atoms with Crippen LogP contribution in [-0.4, -0.2) is 64.6 Å². The number of hydrogen-bond donors (Lipinski definition) is 2. The summed E-state index contributed by atoms with van der Waals surface area (Å²) in [7, 11) is 0. The Morgan fingerprint density at radius 3 is 2.39 bits per heavy atom. The summed E-state index contributed by atoms with van der Waals surface area (Å²) in [6, 6.07) is 3.93. The summed E-state index contributed by atoms with van der Waals surface area (Å²) in [6.45, 7) is 4.72. The number of likely N-dealkylation sites (tertiary alicyclic amines) is 1. The molecule has 1 aliphatic heterocycles. The van der Waals surface area contributed by atoms with Crippen molar-refractivity contribution in [3.05, 3.63) is 35.4 Å². The highest BCUT2D eigenvalue weighted by Gasteiger charge is 2.36. The Balaban J connectivity index is 2.08. The van der Waals surface area contributed by atoms with Gasteiger partial charge in [-0.3, -0.25) is 14.4 Å². The van der Waals surface area contributed by atoms with E-state index in [9.17, 15) is 29.1 Å². The van der Waals surface area contributed by atoms with E-state index in [1.165, 1.54) is 36.9 Å². The number of hydrogen-bond acceptors (Lipinski definition) is 7. The van der Waals surface area contributed by atoms with E-state index in [1.54, 1.807) is 13.0 Å². The van der Waals surface area contributed by atoms with Crippen LogP contribution >= 0.6 is 0 Å².